The number of fused-ring (bicyclic) bond motifs is 2. The van der Waals surface area contributed by atoms with E-state index in [4.69, 9.17) is 9.47 Å². The topological polar surface area (TPSA) is 66.2 Å². The van der Waals surface area contributed by atoms with E-state index in [1.165, 1.54) is 0 Å². The Labute approximate surface area is 86.2 Å². The summed E-state index contributed by atoms with van der Waals surface area (Å²) in [4.78, 5) is 13.1. The van der Waals surface area contributed by atoms with Crippen LogP contribution in [0.3, 0.4) is 0 Å². The molecule has 3 rings (SSSR count). The second-order valence-electron chi connectivity index (χ2n) is 3.88. The molecule has 0 saturated carbocycles. The first kappa shape index (κ1) is 8.99. The van der Waals surface area contributed by atoms with Crippen LogP contribution in [-0.4, -0.2) is 39.8 Å². The molecule has 3 heterocycles. The molecule has 15 heavy (non-hydrogen) atoms. The molecule has 6 nitrogen and oxygen atoms in total. The van der Waals surface area contributed by atoms with Gasteiger partial charge >= 0.3 is 0 Å². The van der Waals surface area contributed by atoms with Gasteiger partial charge in [-0.15, -0.1) is 0 Å². The normalized spacial score (nSPS) is 34.7. The number of ketones is 1. The molecule has 0 aliphatic carbocycles. The Morgan fingerprint density at radius 2 is 2.47 bits per heavy atom. The van der Waals surface area contributed by atoms with E-state index in [2.05, 4.69) is 10.2 Å². The summed E-state index contributed by atoms with van der Waals surface area (Å²) in [6, 6.07) is -0.120. The third-order valence-electron chi connectivity index (χ3n) is 2.73. The number of hydrogen-bond donors (Lipinski definition) is 0. The number of hydrogen-bond acceptors (Lipinski definition) is 5. The highest BCUT2D eigenvalue weighted by Crippen LogP contribution is 2.31. The first-order valence-corrected chi connectivity index (χ1v) is 4.92. The van der Waals surface area contributed by atoms with Crippen molar-refractivity contribution < 1.29 is 14.3 Å². The fraction of sp³-hybridized carbons (Fsp3) is 0.667. The summed E-state index contributed by atoms with van der Waals surface area (Å²) in [6.07, 6.45) is 1.32. The van der Waals surface area contributed by atoms with Gasteiger partial charge in [0, 0.05) is 6.42 Å². The van der Waals surface area contributed by atoms with Gasteiger partial charge in [-0.25, -0.2) is 0 Å². The predicted octanol–water partition coefficient (Wildman–Crippen LogP) is -0.158. The molecular weight excluding hydrogens is 198 g/mol. The van der Waals surface area contributed by atoms with Crippen LogP contribution in [0.5, 0.6) is 0 Å². The molecule has 2 aliphatic rings. The number of carbonyl (C=O) groups is 1. The third kappa shape index (κ3) is 1.37. The Bertz CT molecular complexity index is 403. The Morgan fingerprint density at radius 1 is 1.60 bits per heavy atom. The molecule has 0 amide bonds. The highest BCUT2D eigenvalue weighted by atomic mass is 16.7. The van der Waals surface area contributed by atoms with Gasteiger partial charge in [-0.1, -0.05) is 0 Å². The number of nitrogens with zero attached hydrogens (tertiary/aromatic N) is 3. The summed E-state index contributed by atoms with van der Waals surface area (Å²) >= 11 is 0. The monoisotopic (exact) mass is 209 g/mol. The van der Waals surface area contributed by atoms with Crippen molar-refractivity contribution in [3.05, 3.63) is 11.9 Å². The molecule has 1 aromatic heterocycles. The van der Waals surface area contributed by atoms with Gasteiger partial charge in [0.05, 0.1) is 18.5 Å². The average molecular weight is 209 g/mol. The van der Waals surface area contributed by atoms with Crippen LogP contribution in [0, 0.1) is 6.92 Å². The maximum absolute atomic E-state index is 11.5. The third-order valence-corrected chi connectivity index (χ3v) is 2.73. The Morgan fingerprint density at radius 3 is 3.20 bits per heavy atom. The number of aromatic nitrogens is 3. The van der Waals surface area contributed by atoms with E-state index in [1.807, 2.05) is 6.92 Å². The minimum Gasteiger partial charge on any atom is -0.343 e. The zero-order valence-corrected chi connectivity index (χ0v) is 8.29. The van der Waals surface area contributed by atoms with Crippen molar-refractivity contribution in [1.82, 2.24) is 15.0 Å². The van der Waals surface area contributed by atoms with Gasteiger partial charge in [-0.3, -0.25) is 4.79 Å². The summed E-state index contributed by atoms with van der Waals surface area (Å²) < 4.78 is 10.6. The molecule has 0 aromatic carbocycles. The SMILES string of the molecule is Cc1cnn([C@H]2CC(=O)[C@@H]3OC[C@H]2O3)n1. The number of Topliss-reactive ketones (excluding diaryl/α,β-unsaturated/α-hetero) is 1. The average Bonchev–Trinajstić information content (AvgIpc) is 2.80. The minimum atomic E-state index is -0.650. The van der Waals surface area contributed by atoms with Crippen LogP contribution in [-0.2, 0) is 14.3 Å². The van der Waals surface area contributed by atoms with Crippen LogP contribution in [0.25, 0.3) is 0 Å². The highest BCUT2D eigenvalue weighted by molar-refractivity contribution is 5.83. The number of rotatable bonds is 1. The molecule has 0 unspecified atom stereocenters. The van der Waals surface area contributed by atoms with E-state index in [9.17, 15) is 4.79 Å². The maximum atomic E-state index is 11.5. The number of aryl methyl sites for hydroxylation is 1. The second kappa shape index (κ2) is 3.11. The zero-order chi connectivity index (χ0) is 10.4. The summed E-state index contributed by atoms with van der Waals surface area (Å²) in [5.74, 6) is -0.0243. The number of carbonyl (C=O) groups excluding carboxylic acids is 1. The van der Waals surface area contributed by atoms with Crippen molar-refractivity contribution in [1.29, 1.82) is 0 Å². The summed E-state index contributed by atoms with van der Waals surface area (Å²) in [7, 11) is 0. The lowest BCUT2D eigenvalue weighted by Crippen LogP contribution is -2.37. The molecule has 6 heteroatoms. The van der Waals surface area contributed by atoms with Gasteiger partial charge in [-0.2, -0.15) is 15.0 Å². The summed E-state index contributed by atoms with van der Waals surface area (Å²) in [5.41, 5.74) is 0.837. The van der Waals surface area contributed by atoms with E-state index in [0.717, 1.165) is 5.69 Å². The van der Waals surface area contributed by atoms with Crippen molar-refractivity contribution in [3.63, 3.8) is 0 Å². The van der Waals surface area contributed by atoms with Gasteiger partial charge in [-0.05, 0) is 6.92 Å². The van der Waals surface area contributed by atoms with E-state index in [-0.39, 0.29) is 17.9 Å². The second-order valence-corrected chi connectivity index (χ2v) is 3.88. The quantitative estimate of drug-likeness (QED) is 0.643. The Balaban J connectivity index is 1.90. The van der Waals surface area contributed by atoms with Gasteiger partial charge in [0.1, 0.15) is 12.1 Å². The van der Waals surface area contributed by atoms with Crippen LogP contribution in [0.4, 0.5) is 0 Å². The lowest BCUT2D eigenvalue weighted by Gasteiger charge is -2.25. The van der Waals surface area contributed by atoms with Gasteiger partial charge in [0.2, 0.25) is 6.29 Å². The van der Waals surface area contributed by atoms with Crippen LogP contribution in [0.15, 0.2) is 6.20 Å². The van der Waals surface area contributed by atoms with Crippen LogP contribution in [0.1, 0.15) is 18.2 Å². The first-order chi connectivity index (χ1) is 7.24. The zero-order valence-electron chi connectivity index (χ0n) is 8.29. The standard InChI is InChI=1S/C9H11N3O3/c1-5-3-10-12(11-5)6-2-7(13)9-14-4-8(6)15-9/h3,6,8-9H,2,4H2,1H3/t6-,8+,9+/m0/s1. The summed E-state index contributed by atoms with van der Waals surface area (Å²) in [6.45, 7) is 2.31. The molecule has 3 atom stereocenters. The smallest absolute Gasteiger partial charge is 0.218 e. The van der Waals surface area contributed by atoms with Gasteiger partial charge in [0.25, 0.3) is 0 Å². The number of ether oxygens (including phenoxy) is 2. The van der Waals surface area contributed by atoms with Gasteiger partial charge in [0.15, 0.2) is 5.78 Å². The van der Waals surface area contributed by atoms with Crippen LogP contribution in [0.2, 0.25) is 0 Å². The summed E-state index contributed by atoms with van der Waals surface area (Å²) in [5, 5.41) is 8.31. The van der Waals surface area contributed by atoms with Crippen molar-refractivity contribution in [2.75, 3.05) is 6.61 Å². The fourth-order valence-corrected chi connectivity index (χ4v) is 1.97. The van der Waals surface area contributed by atoms with E-state index in [1.54, 1.807) is 11.0 Å². The lowest BCUT2D eigenvalue weighted by molar-refractivity contribution is -0.156. The Hall–Kier alpha value is -1.27. The largest absolute Gasteiger partial charge is 0.343 e. The van der Waals surface area contributed by atoms with Crippen molar-refractivity contribution in [3.8, 4) is 0 Å². The molecule has 0 N–H and O–H groups in total. The molecule has 80 valence electrons. The highest BCUT2D eigenvalue weighted by Gasteiger charge is 2.44. The van der Waals surface area contributed by atoms with Crippen LogP contribution >= 0.6 is 0 Å². The molecule has 0 spiro atoms. The van der Waals surface area contributed by atoms with Crippen LogP contribution < -0.4 is 0 Å². The molecule has 2 bridgehead atoms. The van der Waals surface area contributed by atoms with Gasteiger partial charge < -0.3 is 9.47 Å². The fourth-order valence-electron chi connectivity index (χ4n) is 1.97. The lowest BCUT2D eigenvalue weighted by atomic mass is 10.0. The van der Waals surface area contributed by atoms with E-state index < -0.39 is 6.29 Å². The minimum absolute atomic E-state index is 0.0243. The van der Waals surface area contributed by atoms with E-state index >= 15 is 0 Å². The van der Waals surface area contributed by atoms with E-state index in [0.29, 0.717) is 13.0 Å². The molecule has 2 saturated heterocycles. The molecule has 0 radical (unpaired) electrons. The maximum Gasteiger partial charge on any atom is 0.218 e. The molecular formula is C9H11N3O3. The van der Waals surface area contributed by atoms with Crippen molar-refractivity contribution in [2.24, 2.45) is 0 Å². The molecule has 2 aliphatic heterocycles. The molecule has 2 fully saturated rings. The van der Waals surface area contributed by atoms with Crippen molar-refractivity contribution >= 4 is 5.78 Å². The first-order valence-electron chi connectivity index (χ1n) is 4.92. The molecule has 1 aromatic rings. The Kier molecular flexibility index (Phi) is 1.86. The predicted molar refractivity (Wildman–Crippen MR) is 48.0 cm³/mol. The van der Waals surface area contributed by atoms with Crippen molar-refractivity contribution in [2.45, 2.75) is 31.8 Å².